The molecule has 0 heterocycles. The third kappa shape index (κ3) is 7.40. The molecule has 0 radical (unpaired) electrons. The molecule has 0 saturated heterocycles. The van der Waals surface area contributed by atoms with Crippen molar-refractivity contribution >= 4 is 5.91 Å². The second-order valence-corrected chi connectivity index (χ2v) is 5.32. The van der Waals surface area contributed by atoms with Crippen molar-refractivity contribution in [3.8, 4) is 0 Å². The molecule has 1 fully saturated rings. The number of carbonyl (C=O) groups excluding carboxylic acids is 1. The summed E-state index contributed by atoms with van der Waals surface area (Å²) < 4.78 is 35.6. The van der Waals surface area contributed by atoms with E-state index in [0.29, 0.717) is 5.92 Å². The van der Waals surface area contributed by atoms with Crippen LogP contribution < -0.4 is 10.6 Å². The van der Waals surface area contributed by atoms with E-state index in [-0.39, 0.29) is 6.54 Å². The molecule has 112 valence electrons. The molecule has 0 bridgehead atoms. The minimum absolute atomic E-state index is 0.0379. The van der Waals surface area contributed by atoms with Gasteiger partial charge in [0.1, 0.15) is 6.54 Å². The molecule has 0 unspecified atom stereocenters. The number of hydrogen-bond acceptors (Lipinski definition) is 2. The monoisotopic (exact) mass is 280 g/mol. The Morgan fingerprint density at radius 3 is 2.26 bits per heavy atom. The molecule has 0 aromatic carbocycles. The van der Waals surface area contributed by atoms with E-state index < -0.39 is 18.6 Å². The maximum Gasteiger partial charge on any atom is 0.405 e. The molecule has 0 atom stereocenters. The van der Waals surface area contributed by atoms with E-state index >= 15 is 0 Å². The van der Waals surface area contributed by atoms with Gasteiger partial charge in [0.25, 0.3) is 0 Å². The van der Waals surface area contributed by atoms with Crippen LogP contribution in [0.5, 0.6) is 0 Å². The lowest BCUT2D eigenvalue weighted by Crippen LogP contribution is -2.40. The van der Waals surface area contributed by atoms with Gasteiger partial charge in [-0.25, -0.2) is 0 Å². The number of hydrogen-bond donors (Lipinski definition) is 2. The summed E-state index contributed by atoms with van der Waals surface area (Å²) in [4.78, 5) is 11.2. The van der Waals surface area contributed by atoms with Crippen molar-refractivity contribution in [2.24, 2.45) is 11.8 Å². The summed E-state index contributed by atoms with van der Waals surface area (Å²) in [7, 11) is 0. The van der Waals surface area contributed by atoms with Crippen LogP contribution in [0.2, 0.25) is 0 Å². The summed E-state index contributed by atoms with van der Waals surface area (Å²) in [5.41, 5.74) is 0. The van der Waals surface area contributed by atoms with Gasteiger partial charge < -0.3 is 10.6 Å². The zero-order valence-electron chi connectivity index (χ0n) is 11.4. The summed E-state index contributed by atoms with van der Waals surface area (Å²) >= 11 is 0. The van der Waals surface area contributed by atoms with E-state index in [2.05, 4.69) is 12.2 Å². The van der Waals surface area contributed by atoms with E-state index in [1.54, 1.807) is 0 Å². The van der Waals surface area contributed by atoms with Gasteiger partial charge in [0.2, 0.25) is 5.91 Å². The third-order valence-corrected chi connectivity index (χ3v) is 3.75. The first-order valence-corrected chi connectivity index (χ1v) is 6.95. The van der Waals surface area contributed by atoms with Gasteiger partial charge in [0.15, 0.2) is 0 Å². The molecule has 0 aromatic rings. The van der Waals surface area contributed by atoms with E-state index in [1.807, 2.05) is 5.32 Å². The predicted molar refractivity (Wildman–Crippen MR) is 67.7 cm³/mol. The Morgan fingerprint density at radius 2 is 1.74 bits per heavy atom. The van der Waals surface area contributed by atoms with Crippen molar-refractivity contribution in [3.63, 3.8) is 0 Å². The largest absolute Gasteiger partial charge is 0.405 e. The van der Waals surface area contributed by atoms with Gasteiger partial charge >= 0.3 is 6.18 Å². The van der Waals surface area contributed by atoms with Crippen LogP contribution in [0.15, 0.2) is 0 Å². The zero-order chi connectivity index (χ0) is 14.3. The second kappa shape index (κ2) is 7.72. The van der Waals surface area contributed by atoms with Crippen LogP contribution in [0, 0.1) is 11.8 Å². The fourth-order valence-electron chi connectivity index (χ4n) is 2.49. The molecule has 3 nitrogen and oxygen atoms in total. The van der Waals surface area contributed by atoms with Crippen molar-refractivity contribution in [3.05, 3.63) is 0 Å². The van der Waals surface area contributed by atoms with E-state index in [4.69, 9.17) is 0 Å². The lowest BCUT2D eigenvalue weighted by molar-refractivity contribution is -0.137. The van der Waals surface area contributed by atoms with Crippen LogP contribution in [-0.4, -0.2) is 31.7 Å². The van der Waals surface area contributed by atoms with Crippen molar-refractivity contribution in [2.75, 3.05) is 19.6 Å². The molecule has 0 aliphatic heterocycles. The van der Waals surface area contributed by atoms with Gasteiger partial charge in [-0.15, -0.1) is 0 Å². The molecular formula is C13H23F3N2O. The minimum Gasteiger partial charge on any atom is -0.346 e. The van der Waals surface area contributed by atoms with Crippen molar-refractivity contribution < 1.29 is 18.0 Å². The molecular weight excluding hydrogens is 257 g/mol. The van der Waals surface area contributed by atoms with E-state index in [9.17, 15) is 18.0 Å². The van der Waals surface area contributed by atoms with Crippen LogP contribution in [0.1, 0.15) is 39.0 Å². The maximum atomic E-state index is 11.9. The molecule has 1 rings (SSSR count). The standard InChI is InChI=1S/C13H23F3N2O/c1-2-10-3-5-11(6-4-10)7-17-8-12(19)18-9-13(14,15)16/h10-11,17H,2-9H2,1H3,(H,18,19). The van der Waals surface area contributed by atoms with Gasteiger partial charge in [0, 0.05) is 0 Å². The Kier molecular flexibility index (Phi) is 6.62. The fraction of sp³-hybridized carbons (Fsp3) is 0.923. The molecule has 1 aliphatic carbocycles. The highest BCUT2D eigenvalue weighted by molar-refractivity contribution is 5.77. The van der Waals surface area contributed by atoms with Crippen molar-refractivity contribution in [1.82, 2.24) is 10.6 Å². The highest BCUT2D eigenvalue weighted by Crippen LogP contribution is 2.29. The molecule has 2 N–H and O–H groups in total. The summed E-state index contributed by atoms with van der Waals surface area (Å²) in [6, 6.07) is 0. The normalized spacial score (nSPS) is 24.2. The number of halogens is 3. The Labute approximate surface area is 112 Å². The fourth-order valence-corrected chi connectivity index (χ4v) is 2.49. The lowest BCUT2D eigenvalue weighted by atomic mass is 9.81. The van der Waals surface area contributed by atoms with Crippen LogP contribution in [-0.2, 0) is 4.79 Å². The SMILES string of the molecule is CCC1CCC(CNCC(=O)NCC(F)(F)F)CC1. The summed E-state index contributed by atoms with van der Waals surface area (Å²) in [6.45, 7) is 1.63. The molecule has 6 heteroatoms. The average molecular weight is 280 g/mol. The molecule has 1 amide bonds. The smallest absolute Gasteiger partial charge is 0.346 e. The average Bonchev–Trinajstić information content (AvgIpc) is 2.36. The topological polar surface area (TPSA) is 41.1 Å². The molecule has 1 saturated carbocycles. The van der Waals surface area contributed by atoms with Gasteiger partial charge in [0.05, 0.1) is 6.54 Å². The van der Waals surface area contributed by atoms with Crippen LogP contribution in [0.4, 0.5) is 13.2 Å². The van der Waals surface area contributed by atoms with Gasteiger partial charge in [-0.2, -0.15) is 13.2 Å². The maximum absolute atomic E-state index is 11.9. The number of amides is 1. The number of carbonyl (C=O) groups is 1. The van der Waals surface area contributed by atoms with Gasteiger partial charge in [-0.05, 0) is 31.2 Å². The van der Waals surface area contributed by atoms with Crippen molar-refractivity contribution in [2.45, 2.75) is 45.2 Å². The van der Waals surface area contributed by atoms with Crippen LogP contribution in [0.25, 0.3) is 0 Å². The first kappa shape index (κ1) is 16.3. The lowest BCUT2D eigenvalue weighted by Gasteiger charge is -2.27. The highest BCUT2D eigenvalue weighted by Gasteiger charge is 2.27. The van der Waals surface area contributed by atoms with Gasteiger partial charge in [-0.3, -0.25) is 4.79 Å². The number of alkyl halides is 3. The van der Waals surface area contributed by atoms with Crippen molar-refractivity contribution in [1.29, 1.82) is 0 Å². The first-order valence-electron chi connectivity index (χ1n) is 6.95. The molecule has 0 spiro atoms. The summed E-state index contributed by atoms with van der Waals surface area (Å²) in [5, 5.41) is 4.79. The Bertz CT molecular complexity index is 274. The van der Waals surface area contributed by atoms with Gasteiger partial charge in [-0.1, -0.05) is 26.2 Å². The molecule has 19 heavy (non-hydrogen) atoms. The Morgan fingerprint density at radius 1 is 1.16 bits per heavy atom. The molecule has 1 aliphatic rings. The second-order valence-electron chi connectivity index (χ2n) is 5.32. The summed E-state index contributed by atoms with van der Waals surface area (Å²) in [6.07, 6.45) is 1.63. The van der Waals surface area contributed by atoms with Crippen LogP contribution in [0.3, 0.4) is 0 Å². The highest BCUT2D eigenvalue weighted by atomic mass is 19.4. The van der Waals surface area contributed by atoms with E-state index in [1.165, 1.54) is 19.3 Å². The quantitative estimate of drug-likeness (QED) is 0.785. The Balaban J connectivity index is 2.06. The third-order valence-electron chi connectivity index (χ3n) is 3.75. The summed E-state index contributed by atoms with van der Waals surface area (Å²) in [5.74, 6) is 0.782. The number of rotatable bonds is 6. The zero-order valence-corrected chi connectivity index (χ0v) is 11.4. The Hall–Kier alpha value is -0.780. The predicted octanol–water partition coefficient (Wildman–Crippen LogP) is 2.47. The molecule has 0 aromatic heterocycles. The minimum atomic E-state index is -4.34. The number of nitrogens with one attached hydrogen (secondary N) is 2. The van der Waals surface area contributed by atoms with Crippen LogP contribution >= 0.6 is 0 Å². The van der Waals surface area contributed by atoms with E-state index in [0.717, 1.165) is 25.3 Å². The first-order chi connectivity index (χ1) is 8.90.